The minimum absolute atomic E-state index is 0.0117. The van der Waals surface area contributed by atoms with Crippen molar-refractivity contribution < 1.29 is 17.6 Å². The average Bonchev–Trinajstić information content (AvgIpc) is 2.41. The first kappa shape index (κ1) is 17.0. The van der Waals surface area contributed by atoms with Crippen LogP contribution in [0.2, 0.25) is 5.02 Å². The smallest absolute Gasteiger partial charge is 0.319 e. The van der Waals surface area contributed by atoms with Crippen LogP contribution in [0.4, 0.5) is 14.9 Å². The Kier molecular flexibility index (Phi) is 5.25. The van der Waals surface area contributed by atoms with Crippen LogP contribution >= 0.6 is 11.6 Å². The van der Waals surface area contributed by atoms with E-state index in [0.717, 1.165) is 12.3 Å². The molecule has 0 radical (unpaired) electrons. The third kappa shape index (κ3) is 4.56. The van der Waals surface area contributed by atoms with Gasteiger partial charge in [-0.25, -0.2) is 21.9 Å². The van der Waals surface area contributed by atoms with E-state index in [1.807, 2.05) is 0 Å². The molecule has 1 aromatic rings. The fourth-order valence-electron chi connectivity index (χ4n) is 2.30. The summed E-state index contributed by atoms with van der Waals surface area (Å²) < 4.78 is 38.0. The molecule has 1 unspecified atom stereocenters. The van der Waals surface area contributed by atoms with Crippen LogP contribution < -0.4 is 10.6 Å². The van der Waals surface area contributed by atoms with Crippen molar-refractivity contribution in [1.29, 1.82) is 0 Å². The van der Waals surface area contributed by atoms with E-state index in [-0.39, 0.29) is 23.3 Å². The topological polar surface area (TPSA) is 78.5 Å². The highest BCUT2D eigenvalue weighted by Gasteiger charge is 2.26. The quantitative estimate of drug-likeness (QED) is 0.876. The molecule has 1 aliphatic rings. The van der Waals surface area contributed by atoms with Crippen molar-refractivity contribution in [3.8, 4) is 0 Å². The molecule has 122 valence electrons. The first-order chi connectivity index (χ1) is 10.3. The number of rotatable bonds is 3. The fraction of sp³-hybridized carbons (Fsp3) is 0.462. The lowest BCUT2D eigenvalue weighted by atomic mass is 10.1. The number of benzene rings is 1. The van der Waals surface area contributed by atoms with E-state index in [9.17, 15) is 17.6 Å². The Balaban J connectivity index is 1.94. The largest absolute Gasteiger partial charge is 0.334 e. The fourth-order valence-corrected chi connectivity index (χ4v) is 3.37. The minimum Gasteiger partial charge on any atom is -0.334 e. The molecule has 1 fully saturated rings. The molecular weight excluding hydrogens is 333 g/mol. The molecule has 6 nitrogen and oxygen atoms in total. The summed E-state index contributed by atoms with van der Waals surface area (Å²) in [7, 11) is -3.28. The number of urea groups is 1. The van der Waals surface area contributed by atoms with Crippen molar-refractivity contribution in [2.45, 2.75) is 18.9 Å². The molecule has 1 heterocycles. The summed E-state index contributed by atoms with van der Waals surface area (Å²) in [6, 6.07) is 3.04. The molecule has 0 saturated carbocycles. The zero-order chi connectivity index (χ0) is 16.3. The Morgan fingerprint density at radius 1 is 1.45 bits per heavy atom. The summed E-state index contributed by atoms with van der Waals surface area (Å²) in [5, 5.41) is 5.28. The second kappa shape index (κ2) is 6.80. The molecule has 22 heavy (non-hydrogen) atoms. The lowest BCUT2D eigenvalue weighted by molar-refractivity contribution is 0.236. The van der Waals surface area contributed by atoms with Gasteiger partial charge in [-0.15, -0.1) is 0 Å². The molecule has 9 heteroatoms. The first-order valence-electron chi connectivity index (χ1n) is 6.73. The third-order valence-corrected chi connectivity index (χ3v) is 4.87. The standard InChI is InChI=1S/C13H17ClFN3O3S/c1-22(20,21)18-6-2-3-10(8-18)16-13(19)17-12-5-4-9(14)7-11(12)15/h4-5,7,10H,2-3,6,8H2,1H3,(H2,16,17,19). The molecule has 1 atom stereocenters. The van der Waals surface area contributed by atoms with Crippen molar-refractivity contribution in [3.05, 3.63) is 29.0 Å². The molecular formula is C13H17ClFN3O3S. The maximum Gasteiger partial charge on any atom is 0.319 e. The van der Waals surface area contributed by atoms with E-state index < -0.39 is 21.9 Å². The van der Waals surface area contributed by atoms with Gasteiger partial charge in [-0.05, 0) is 31.0 Å². The first-order valence-corrected chi connectivity index (χ1v) is 8.96. The van der Waals surface area contributed by atoms with Crippen LogP contribution in [0.1, 0.15) is 12.8 Å². The highest BCUT2D eigenvalue weighted by Crippen LogP contribution is 2.19. The number of amides is 2. The maximum atomic E-state index is 13.6. The van der Waals surface area contributed by atoms with Gasteiger partial charge < -0.3 is 10.6 Å². The van der Waals surface area contributed by atoms with Crippen molar-refractivity contribution in [2.75, 3.05) is 24.7 Å². The number of carbonyl (C=O) groups excluding carboxylic acids is 1. The molecule has 1 aliphatic heterocycles. The Bertz CT molecular complexity index is 668. The van der Waals surface area contributed by atoms with Crippen LogP contribution in [0.5, 0.6) is 0 Å². The Morgan fingerprint density at radius 2 is 2.18 bits per heavy atom. The van der Waals surface area contributed by atoms with Crippen LogP contribution in [0.25, 0.3) is 0 Å². The van der Waals surface area contributed by atoms with Gasteiger partial charge in [-0.2, -0.15) is 0 Å². The Hall–Kier alpha value is -1.38. The lowest BCUT2D eigenvalue weighted by Gasteiger charge is -2.31. The second-order valence-electron chi connectivity index (χ2n) is 5.18. The number of nitrogens with one attached hydrogen (secondary N) is 2. The summed E-state index contributed by atoms with van der Waals surface area (Å²) in [6.07, 6.45) is 2.47. The predicted molar refractivity (Wildman–Crippen MR) is 83.0 cm³/mol. The van der Waals surface area contributed by atoms with Gasteiger partial charge in [0, 0.05) is 24.2 Å². The van der Waals surface area contributed by atoms with Gasteiger partial charge in [0.25, 0.3) is 0 Å². The van der Waals surface area contributed by atoms with Crippen molar-refractivity contribution in [3.63, 3.8) is 0 Å². The molecule has 0 spiro atoms. The van der Waals surface area contributed by atoms with Crippen LogP contribution in [0, 0.1) is 5.82 Å². The van der Waals surface area contributed by atoms with Gasteiger partial charge in [-0.1, -0.05) is 11.6 Å². The maximum absolute atomic E-state index is 13.6. The number of carbonyl (C=O) groups is 1. The van der Waals surface area contributed by atoms with E-state index in [0.29, 0.717) is 19.4 Å². The number of halogens is 2. The molecule has 2 N–H and O–H groups in total. The van der Waals surface area contributed by atoms with Crippen LogP contribution in [0.3, 0.4) is 0 Å². The van der Waals surface area contributed by atoms with Crippen LogP contribution in [0.15, 0.2) is 18.2 Å². The molecule has 0 aromatic heterocycles. The van der Waals surface area contributed by atoms with Crippen molar-refractivity contribution >= 4 is 33.3 Å². The van der Waals surface area contributed by atoms with Crippen LogP contribution in [-0.2, 0) is 10.0 Å². The van der Waals surface area contributed by atoms with Gasteiger partial charge in [0.05, 0.1) is 11.9 Å². The van der Waals surface area contributed by atoms with E-state index in [4.69, 9.17) is 11.6 Å². The number of anilines is 1. The van der Waals surface area contributed by atoms with E-state index >= 15 is 0 Å². The molecule has 1 aromatic carbocycles. The zero-order valence-electron chi connectivity index (χ0n) is 12.0. The number of sulfonamides is 1. The number of hydrogen-bond donors (Lipinski definition) is 2. The lowest BCUT2D eigenvalue weighted by Crippen LogP contribution is -2.50. The van der Waals surface area contributed by atoms with Gasteiger partial charge in [-0.3, -0.25) is 0 Å². The van der Waals surface area contributed by atoms with E-state index in [1.54, 1.807) is 0 Å². The SMILES string of the molecule is CS(=O)(=O)N1CCCC(NC(=O)Nc2ccc(Cl)cc2F)C1. The van der Waals surface area contributed by atoms with E-state index in [2.05, 4.69) is 10.6 Å². The van der Waals surface area contributed by atoms with Gasteiger partial charge in [0.2, 0.25) is 10.0 Å². The van der Waals surface area contributed by atoms with E-state index in [1.165, 1.54) is 16.4 Å². The molecule has 2 amide bonds. The summed E-state index contributed by atoms with van der Waals surface area (Å²) in [4.78, 5) is 11.9. The average molecular weight is 350 g/mol. The number of hydrogen-bond acceptors (Lipinski definition) is 3. The monoisotopic (exact) mass is 349 g/mol. The predicted octanol–water partition coefficient (Wildman–Crippen LogP) is 2.02. The summed E-state index contributed by atoms with van der Waals surface area (Å²) >= 11 is 5.64. The van der Waals surface area contributed by atoms with Gasteiger partial charge >= 0.3 is 6.03 Å². The number of piperidine rings is 1. The zero-order valence-corrected chi connectivity index (χ0v) is 13.5. The molecule has 2 rings (SSSR count). The van der Waals surface area contributed by atoms with Crippen LogP contribution in [-0.4, -0.2) is 44.1 Å². The Labute approximate surface area is 133 Å². The highest BCUT2D eigenvalue weighted by molar-refractivity contribution is 7.88. The second-order valence-corrected chi connectivity index (χ2v) is 7.60. The Morgan fingerprint density at radius 3 is 2.82 bits per heavy atom. The summed E-state index contributed by atoms with van der Waals surface area (Å²) in [5.74, 6) is -0.635. The minimum atomic E-state index is -3.28. The summed E-state index contributed by atoms with van der Waals surface area (Å²) in [6.45, 7) is 0.666. The van der Waals surface area contributed by atoms with Gasteiger partial charge in [0.15, 0.2) is 0 Å². The van der Waals surface area contributed by atoms with Gasteiger partial charge in [0.1, 0.15) is 5.82 Å². The summed E-state index contributed by atoms with van der Waals surface area (Å²) in [5.41, 5.74) is 0.0117. The molecule has 0 bridgehead atoms. The number of nitrogens with zero attached hydrogens (tertiary/aromatic N) is 1. The molecule has 1 saturated heterocycles. The highest BCUT2D eigenvalue weighted by atomic mass is 35.5. The normalized spacial score (nSPS) is 19.7. The van der Waals surface area contributed by atoms with Crippen molar-refractivity contribution in [1.82, 2.24) is 9.62 Å². The van der Waals surface area contributed by atoms with Crippen molar-refractivity contribution in [2.24, 2.45) is 0 Å². The third-order valence-electron chi connectivity index (χ3n) is 3.37. The molecule has 0 aliphatic carbocycles.